The van der Waals surface area contributed by atoms with E-state index in [1.165, 1.54) is 4.90 Å². The van der Waals surface area contributed by atoms with Gasteiger partial charge >= 0.3 is 0 Å². The lowest BCUT2D eigenvalue weighted by Crippen LogP contribution is -2.13. The van der Waals surface area contributed by atoms with E-state index in [1.807, 2.05) is 18.2 Å². The fourth-order valence-corrected chi connectivity index (χ4v) is 2.86. The fourth-order valence-electron chi connectivity index (χ4n) is 1.71. The first-order valence-electron chi connectivity index (χ1n) is 6.44. The summed E-state index contributed by atoms with van der Waals surface area (Å²) < 4.78 is 5.31. The molecule has 0 aliphatic carbocycles. The molecule has 102 valence electrons. The third-order valence-electron chi connectivity index (χ3n) is 2.73. The van der Waals surface area contributed by atoms with Gasteiger partial charge in [-0.15, -0.1) is 11.8 Å². The van der Waals surface area contributed by atoms with Gasteiger partial charge in [0.25, 0.3) is 0 Å². The highest BCUT2D eigenvalue weighted by atomic mass is 35.5. The summed E-state index contributed by atoms with van der Waals surface area (Å²) in [6, 6.07) is 10.1. The van der Waals surface area contributed by atoms with Crippen LogP contribution in [-0.2, 0) is 12.3 Å². The van der Waals surface area contributed by atoms with Crippen LogP contribution in [-0.4, -0.2) is 6.54 Å². The molecule has 1 heterocycles. The Bertz CT molecular complexity index is 499. The Morgan fingerprint density at radius 1 is 1.32 bits per heavy atom. The molecule has 2 rings (SSSR count). The molecule has 0 saturated carbocycles. The van der Waals surface area contributed by atoms with Crippen LogP contribution in [0.4, 0.5) is 0 Å². The van der Waals surface area contributed by atoms with E-state index in [2.05, 4.69) is 24.4 Å². The topological polar surface area (TPSA) is 25.2 Å². The van der Waals surface area contributed by atoms with Gasteiger partial charge in [-0.05, 0) is 42.8 Å². The van der Waals surface area contributed by atoms with E-state index in [0.717, 1.165) is 41.6 Å². The summed E-state index contributed by atoms with van der Waals surface area (Å²) in [5, 5.41) is 4.19. The van der Waals surface area contributed by atoms with E-state index in [9.17, 15) is 0 Å². The van der Waals surface area contributed by atoms with Gasteiger partial charge in [0.1, 0.15) is 5.76 Å². The first kappa shape index (κ1) is 14.5. The molecule has 4 heteroatoms. The van der Waals surface area contributed by atoms with Crippen LogP contribution in [0.15, 0.2) is 45.9 Å². The SMILES string of the molecule is CCCNCc1ccc(SCc2ccco2)cc1Cl. The average molecular weight is 296 g/mol. The van der Waals surface area contributed by atoms with Crippen molar-refractivity contribution in [2.45, 2.75) is 30.5 Å². The Hall–Kier alpha value is -0.900. The lowest BCUT2D eigenvalue weighted by molar-refractivity contribution is 0.530. The first-order valence-corrected chi connectivity index (χ1v) is 7.80. The van der Waals surface area contributed by atoms with Crippen LogP contribution in [0.2, 0.25) is 5.02 Å². The zero-order valence-electron chi connectivity index (χ0n) is 11.0. The van der Waals surface area contributed by atoms with Gasteiger partial charge in [-0.3, -0.25) is 0 Å². The van der Waals surface area contributed by atoms with Gasteiger partial charge in [0, 0.05) is 16.5 Å². The Kier molecular flexibility index (Phi) is 5.83. The minimum atomic E-state index is 0.827. The number of furan rings is 1. The molecule has 0 aliphatic heterocycles. The quantitative estimate of drug-likeness (QED) is 0.591. The number of hydrogen-bond donors (Lipinski definition) is 1. The molecule has 0 bridgehead atoms. The van der Waals surface area contributed by atoms with Crippen molar-refractivity contribution < 1.29 is 4.42 Å². The van der Waals surface area contributed by atoms with Crippen molar-refractivity contribution in [1.82, 2.24) is 5.32 Å². The second kappa shape index (κ2) is 7.63. The van der Waals surface area contributed by atoms with Crippen molar-refractivity contribution in [3.05, 3.63) is 52.9 Å². The lowest BCUT2D eigenvalue weighted by atomic mass is 10.2. The highest BCUT2D eigenvalue weighted by Gasteiger charge is 2.03. The third kappa shape index (κ3) is 4.60. The smallest absolute Gasteiger partial charge is 0.113 e. The Balaban J connectivity index is 1.90. The van der Waals surface area contributed by atoms with Gasteiger partial charge in [0.15, 0.2) is 0 Å². The van der Waals surface area contributed by atoms with E-state index < -0.39 is 0 Å². The minimum Gasteiger partial charge on any atom is -0.468 e. The van der Waals surface area contributed by atoms with Crippen molar-refractivity contribution in [3.8, 4) is 0 Å². The van der Waals surface area contributed by atoms with E-state index in [0.29, 0.717) is 0 Å². The Morgan fingerprint density at radius 2 is 2.21 bits per heavy atom. The van der Waals surface area contributed by atoms with Crippen LogP contribution in [0.1, 0.15) is 24.7 Å². The molecule has 0 amide bonds. The van der Waals surface area contributed by atoms with Gasteiger partial charge < -0.3 is 9.73 Å². The largest absolute Gasteiger partial charge is 0.468 e. The molecule has 19 heavy (non-hydrogen) atoms. The molecule has 0 radical (unpaired) electrons. The highest BCUT2D eigenvalue weighted by Crippen LogP contribution is 2.27. The van der Waals surface area contributed by atoms with E-state index in [1.54, 1.807) is 18.0 Å². The van der Waals surface area contributed by atoms with Crippen molar-refractivity contribution in [3.63, 3.8) is 0 Å². The molecule has 0 fully saturated rings. The Morgan fingerprint density at radius 3 is 2.89 bits per heavy atom. The first-order chi connectivity index (χ1) is 9.29. The van der Waals surface area contributed by atoms with Crippen LogP contribution < -0.4 is 5.32 Å². The molecular weight excluding hydrogens is 278 g/mol. The predicted octanol–water partition coefficient (Wildman–Crippen LogP) is 4.72. The van der Waals surface area contributed by atoms with Crippen LogP contribution in [0, 0.1) is 0 Å². The Labute approximate surface area is 123 Å². The van der Waals surface area contributed by atoms with E-state index in [4.69, 9.17) is 16.0 Å². The molecule has 1 aromatic heterocycles. The molecule has 0 atom stereocenters. The highest BCUT2D eigenvalue weighted by molar-refractivity contribution is 7.98. The summed E-state index contributed by atoms with van der Waals surface area (Å²) in [7, 11) is 0. The standard InChI is InChI=1S/C15H18ClNOS/c1-2-7-17-10-12-5-6-14(9-15(12)16)19-11-13-4-3-8-18-13/h3-6,8-9,17H,2,7,10-11H2,1H3. The van der Waals surface area contributed by atoms with Crippen molar-refractivity contribution in [2.24, 2.45) is 0 Å². The summed E-state index contributed by atoms with van der Waals surface area (Å²) >= 11 is 8.02. The number of thioether (sulfide) groups is 1. The van der Waals surface area contributed by atoms with E-state index >= 15 is 0 Å². The zero-order valence-corrected chi connectivity index (χ0v) is 12.6. The number of rotatable bonds is 7. The number of benzene rings is 1. The van der Waals surface area contributed by atoms with Gasteiger partial charge in [-0.2, -0.15) is 0 Å². The molecule has 2 nitrogen and oxygen atoms in total. The molecule has 0 saturated heterocycles. The van der Waals surface area contributed by atoms with Gasteiger partial charge in [0.05, 0.1) is 12.0 Å². The molecule has 1 N–H and O–H groups in total. The predicted molar refractivity (Wildman–Crippen MR) is 81.7 cm³/mol. The molecular formula is C15H18ClNOS. The van der Waals surface area contributed by atoms with Crippen molar-refractivity contribution >= 4 is 23.4 Å². The normalized spacial score (nSPS) is 10.8. The van der Waals surface area contributed by atoms with Crippen LogP contribution >= 0.6 is 23.4 Å². The summed E-state index contributed by atoms with van der Waals surface area (Å²) in [5.74, 6) is 1.81. The fraction of sp³-hybridized carbons (Fsp3) is 0.333. The maximum Gasteiger partial charge on any atom is 0.113 e. The summed E-state index contributed by atoms with van der Waals surface area (Å²) in [6.45, 7) is 4.00. The maximum absolute atomic E-state index is 6.29. The van der Waals surface area contributed by atoms with Crippen LogP contribution in [0.5, 0.6) is 0 Å². The zero-order chi connectivity index (χ0) is 13.5. The van der Waals surface area contributed by atoms with Gasteiger partial charge in [-0.25, -0.2) is 0 Å². The average Bonchev–Trinajstić information content (AvgIpc) is 2.92. The molecule has 1 aromatic carbocycles. The van der Waals surface area contributed by atoms with Gasteiger partial charge in [0.2, 0.25) is 0 Å². The van der Waals surface area contributed by atoms with Crippen molar-refractivity contribution in [1.29, 1.82) is 0 Å². The van der Waals surface area contributed by atoms with E-state index in [-0.39, 0.29) is 0 Å². The lowest BCUT2D eigenvalue weighted by Gasteiger charge is -2.07. The maximum atomic E-state index is 6.29. The van der Waals surface area contributed by atoms with Crippen LogP contribution in [0.3, 0.4) is 0 Å². The molecule has 0 spiro atoms. The number of nitrogens with one attached hydrogen (secondary N) is 1. The van der Waals surface area contributed by atoms with Gasteiger partial charge in [-0.1, -0.05) is 24.6 Å². The third-order valence-corrected chi connectivity index (χ3v) is 4.10. The monoisotopic (exact) mass is 295 g/mol. The second-order valence-corrected chi connectivity index (χ2v) is 5.75. The number of hydrogen-bond acceptors (Lipinski definition) is 3. The molecule has 0 aliphatic rings. The second-order valence-electron chi connectivity index (χ2n) is 4.30. The number of halogens is 1. The molecule has 2 aromatic rings. The summed E-state index contributed by atoms with van der Waals surface area (Å²) in [4.78, 5) is 1.17. The van der Waals surface area contributed by atoms with Crippen molar-refractivity contribution in [2.75, 3.05) is 6.54 Å². The molecule has 0 unspecified atom stereocenters. The summed E-state index contributed by atoms with van der Waals surface area (Å²) in [5.41, 5.74) is 1.15. The van der Waals surface area contributed by atoms with Crippen LogP contribution in [0.25, 0.3) is 0 Å². The minimum absolute atomic E-state index is 0.827. The summed E-state index contributed by atoms with van der Waals surface area (Å²) in [6.07, 6.45) is 2.83.